The van der Waals surface area contributed by atoms with E-state index in [-0.39, 0.29) is 23.2 Å². The first-order valence-corrected chi connectivity index (χ1v) is 12.5. The van der Waals surface area contributed by atoms with Gasteiger partial charge in [-0.25, -0.2) is 17.8 Å². The van der Waals surface area contributed by atoms with E-state index in [2.05, 4.69) is 15.9 Å². The number of carbonyl (C=O) groups excluding carboxylic acids is 1. The third kappa shape index (κ3) is 4.66. The van der Waals surface area contributed by atoms with Crippen molar-refractivity contribution in [1.29, 1.82) is 5.26 Å². The highest BCUT2D eigenvalue weighted by atomic mass is 32.2. The number of hydrogen-bond donors (Lipinski definition) is 2. The number of carbonyl (C=O) groups is 1. The molecule has 1 aliphatic rings. The Morgan fingerprint density at radius 3 is 2.59 bits per heavy atom. The van der Waals surface area contributed by atoms with Gasteiger partial charge in [-0.3, -0.25) is 4.79 Å². The lowest BCUT2D eigenvalue weighted by molar-refractivity contribution is -0.117. The van der Waals surface area contributed by atoms with Gasteiger partial charge in [0.05, 0.1) is 16.3 Å². The lowest BCUT2D eigenvalue weighted by atomic mass is 10.1. The normalized spacial score (nSPS) is 13.9. The first kappa shape index (κ1) is 23.5. The van der Waals surface area contributed by atoms with Crippen LogP contribution in [-0.4, -0.2) is 37.2 Å². The molecule has 0 saturated carbocycles. The summed E-state index contributed by atoms with van der Waals surface area (Å²) in [7, 11) is -3.73. The summed E-state index contributed by atoms with van der Waals surface area (Å²) in [4.78, 5) is 13.8. The molecule has 0 atom stereocenters. The van der Waals surface area contributed by atoms with Gasteiger partial charge in [0.2, 0.25) is 15.9 Å². The van der Waals surface area contributed by atoms with Crippen molar-refractivity contribution in [3.8, 4) is 11.8 Å². The molecule has 1 fully saturated rings. The predicted octanol–water partition coefficient (Wildman–Crippen LogP) is 2.67. The molecule has 1 amide bonds. The van der Waals surface area contributed by atoms with Gasteiger partial charge in [0, 0.05) is 25.2 Å². The molecule has 4 rings (SSSR count). The third-order valence-corrected chi connectivity index (χ3v) is 7.44. The molecular formula is C24H26N6O3S. The third-order valence-electron chi connectivity index (χ3n) is 5.82. The second-order valence-corrected chi connectivity index (χ2v) is 9.90. The van der Waals surface area contributed by atoms with E-state index in [0.717, 1.165) is 17.8 Å². The van der Waals surface area contributed by atoms with Crippen LogP contribution in [0.15, 0.2) is 53.4 Å². The highest BCUT2D eigenvalue weighted by molar-refractivity contribution is 7.89. The van der Waals surface area contributed by atoms with E-state index >= 15 is 0 Å². The first-order valence-electron chi connectivity index (χ1n) is 11.1. The van der Waals surface area contributed by atoms with E-state index in [1.165, 1.54) is 10.7 Å². The summed E-state index contributed by atoms with van der Waals surface area (Å²) in [6.07, 6.45) is 2.16. The number of hydrogen-bond acceptors (Lipinski definition) is 6. The summed E-state index contributed by atoms with van der Waals surface area (Å²) in [5.41, 5.74) is 8.99. The number of nitrogens with zero attached hydrogens (tertiary/aromatic N) is 4. The molecule has 176 valence electrons. The fourth-order valence-electron chi connectivity index (χ4n) is 4.11. The zero-order valence-corrected chi connectivity index (χ0v) is 19.7. The first-order chi connectivity index (χ1) is 16.3. The van der Waals surface area contributed by atoms with Crippen LogP contribution < -0.4 is 15.4 Å². The minimum absolute atomic E-state index is 0.0558. The molecule has 3 aromatic rings. The number of nitrogen functional groups attached to an aromatic ring is 1. The second-order valence-electron chi connectivity index (χ2n) is 8.17. The molecule has 9 nitrogen and oxygen atoms in total. The quantitative estimate of drug-likeness (QED) is 0.478. The van der Waals surface area contributed by atoms with Crippen molar-refractivity contribution >= 4 is 27.4 Å². The van der Waals surface area contributed by atoms with Crippen molar-refractivity contribution in [2.24, 2.45) is 0 Å². The van der Waals surface area contributed by atoms with Crippen molar-refractivity contribution < 1.29 is 13.2 Å². The molecule has 10 heteroatoms. The summed E-state index contributed by atoms with van der Waals surface area (Å²) in [5.74, 6) is 0.316. The number of para-hydroxylation sites is 1. The molecular weight excluding hydrogens is 452 g/mol. The van der Waals surface area contributed by atoms with Crippen LogP contribution in [0.5, 0.6) is 0 Å². The Balaban J connectivity index is 1.41. The molecule has 0 aliphatic carbocycles. The molecule has 2 aromatic carbocycles. The van der Waals surface area contributed by atoms with Gasteiger partial charge < -0.3 is 10.6 Å². The molecule has 0 spiro atoms. The van der Waals surface area contributed by atoms with E-state index in [9.17, 15) is 18.5 Å². The summed E-state index contributed by atoms with van der Waals surface area (Å²) in [5, 5.41) is 14.0. The minimum atomic E-state index is -3.73. The molecule has 34 heavy (non-hydrogen) atoms. The molecule has 1 aliphatic heterocycles. The Labute approximate surface area is 198 Å². The van der Waals surface area contributed by atoms with E-state index in [1.807, 2.05) is 30.3 Å². The van der Waals surface area contributed by atoms with Gasteiger partial charge in [0.1, 0.15) is 17.5 Å². The number of sulfonamides is 1. The van der Waals surface area contributed by atoms with E-state index in [1.54, 1.807) is 24.0 Å². The van der Waals surface area contributed by atoms with Crippen LogP contribution >= 0.6 is 0 Å². The number of aromatic nitrogens is 2. The van der Waals surface area contributed by atoms with Crippen molar-refractivity contribution in [3.05, 3.63) is 65.4 Å². The van der Waals surface area contributed by atoms with Crippen LogP contribution in [0.1, 0.15) is 36.1 Å². The Morgan fingerprint density at radius 1 is 1.18 bits per heavy atom. The van der Waals surface area contributed by atoms with Gasteiger partial charge in [-0.1, -0.05) is 18.2 Å². The summed E-state index contributed by atoms with van der Waals surface area (Å²) < 4.78 is 29.8. The van der Waals surface area contributed by atoms with Crippen LogP contribution in [0.3, 0.4) is 0 Å². The highest BCUT2D eigenvalue weighted by Gasteiger charge is 2.24. The number of nitrogens with one attached hydrogen (secondary N) is 1. The van der Waals surface area contributed by atoms with Gasteiger partial charge in [-0.15, -0.1) is 0 Å². The SMILES string of the molecule is Cc1cc(N2CCCC2=O)ccc1S(=O)(=O)NCCCc1nn(-c2ccccc2)c(N)c1C#N. The minimum Gasteiger partial charge on any atom is -0.382 e. The number of nitriles is 1. The van der Waals surface area contributed by atoms with Gasteiger partial charge in [0.25, 0.3) is 0 Å². The van der Waals surface area contributed by atoms with E-state index in [4.69, 9.17) is 5.73 Å². The number of rotatable bonds is 8. The van der Waals surface area contributed by atoms with Gasteiger partial charge >= 0.3 is 0 Å². The molecule has 0 bridgehead atoms. The zero-order chi connectivity index (χ0) is 24.3. The smallest absolute Gasteiger partial charge is 0.240 e. The van der Waals surface area contributed by atoms with Crippen LogP contribution in [0, 0.1) is 18.3 Å². The molecule has 0 radical (unpaired) electrons. The number of benzene rings is 2. The number of amides is 1. The number of anilines is 2. The van der Waals surface area contributed by atoms with E-state index < -0.39 is 10.0 Å². The van der Waals surface area contributed by atoms with Crippen molar-refractivity contribution in [1.82, 2.24) is 14.5 Å². The Hall–Kier alpha value is -3.68. The summed E-state index contributed by atoms with van der Waals surface area (Å²) in [6, 6.07) is 16.3. The molecule has 3 N–H and O–H groups in total. The van der Waals surface area contributed by atoms with Crippen LogP contribution in [-0.2, 0) is 21.2 Å². The zero-order valence-electron chi connectivity index (χ0n) is 18.9. The fourth-order valence-corrected chi connectivity index (χ4v) is 5.40. The second kappa shape index (κ2) is 9.67. The molecule has 1 aromatic heterocycles. The summed E-state index contributed by atoms with van der Waals surface area (Å²) >= 11 is 0. The van der Waals surface area contributed by atoms with Gasteiger partial charge in [0.15, 0.2) is 0 Å². The van der Waals surface area contributed by atoms with Crippen molar-refractivity contribution in [2.75, 3.05) is 23.7 Å². The summed E-state index contributed by atoms with van der Waals surface area (Å²) in [6.45, 7) is 2.55. The standard InChI is InChI=1S/C24H26N6O3S/c1-17-15-19(29-14-6-10-23(29)31)11-12-22(17)34(32,33)27-13-5-9-21-20(16-25)24(26)30(28-21)18-7-3-2-4-8-18/h2-4,7-8,11-12,15,27H,5-6,9-10,13-14,26H2,1H3. The Kier molecular flexibility index (Phi) is 6.68. The van der Waals surface area contributed by atoms with Crippen LogP contribution in [0.2, 0.25) is 0 Å². The maximum Gasteiger partial charge on any atom is 0.240 e. The lowest BCUT2D eigenvalue weighted by Crippen LogP contribution is -2.27. The average molecular weight is 479 g/mol. The molecule has 2 heterocycles. The number of aryl methyl sites for hydroxylation is 2. The molecule has 1 saturated heterocycles. The maximum absolute atomic E-state index is 12.8. The predicted molar refractivity (Wildman–Crippen MR) is 129 cm³/mol. The number of nitrogens with two attached hydrogens (primary N) is 1. The van der Waals surface area contributed by atoms with Crippen molar-refractivity contribution in [3.63, 3.8) is 0 Å². The average Bonchev–Trinajstić information content (AvgIpc) is 3.39. The molecule has 0 unspecified atom stereocenters. The highest BCUT2D eigenvalue weighted by Crippen LogP contribution is 2.26. The van der Waals surface area contributed by atoms with E-state index in [0.29, 0.717) is 42.6 Å². The lowest BCUT2D eigenvalue weighted by Gasteiger charge is -2.17. The fraction of sp³-hybridized carbons (Fsp3) is 0.292. The Bertz CT molecular complexity index is 1360. The van der Waals surface area contributed by atoms with Gasteiger partial charge in [-0.05, 0) is 62.1 Å². The largest absolute Gasteiger partial charge is 0.382 e. The van der Waals surface area contributed by atoms with Crippen molar-refractivity contribution in [2.45, 2.75) is 37.5 Å². The van der Waals surface area contributed by atoms with Crippen LogP contribution in [0.4, 0.5) is 11.5 Å². The van der Waals surface area contributed by atoms with Gasteiger partial charge in [-0.2, -0.15) is 10.4 Å². The monoisotopic (exact) mass is 478 g/mol. The van der Waals surface area contributed by atoms with Crippen LogP contribution in [0.25, 0.3) is 5.69 Å². The topological polar surface area (TPSA) is 134 Å². The Morgan fingerprint density at radius 2 is 1.94 bits per heavy atom. The maximum atomic E-state index is 12.8.